The number of nitrogens with zero attached hydrogens (tertiary/aromatic N) is 1. The van der Waals surface area contributed by atoms with Crippen molar-refractivity contribution in [1.29, 1.82) is 0 Å². The summed E-state index contributed by atoms with van der Waals surface area (Å²) >= 11 is 7.26. The van der Waals surface area contributed by atoms with E-state index in [0.717, 1.165) is 35.3 Å². The highest BCUT2D eigenvalue weighted by Gasteiger charge is 2.01. The van der Waals surface area contributed by atoms with Crippen LogP contribution in [0.1, 0.15) is 19.0 Å². The summed E-state index contributed by atoms with van der Waals surface area (Å²) in [6.45, 7) is 2.84. The van der Waals surface area contributed by atoms with Gasteiger partial charge in [0, 0.05) is 11.1 Å². The van der Waals surface area contributed by atoms with Crippen molar-refractivity contribution in [3.63, 3.8) is 0 Å². The lowest BCUT2D eigenvalue weighted by molar-refractivity contribution is 0.317. The number of hydrogen-bond donors (Lipinski definition) is 1. The Morgan fingerprint density at radius 3 is 2.72 bits per heavy atom. The van der Waals surface area contributed by atoms with Gasteiger partial charge >= 0.3 is 0 Å². The first kappa shape index (κ1) is 13.2. The molecule has 1 N–H and O–H groups in total. The van der Waals surface area contributed by atoms with Gasteiger partial charge in [0.1, 0.15) is 5.75 Å². The van der Waals surface area contributed by atoms with Gasteiger partial charge in [-0.1, -0.05) is 6.92 Å². The molecule has 0 aliphatic carbocycles. The molecule has 5 heteroatoms. The zero-order chi connectivity index (χ0) is 12.8. The first-order chi connectivity index (χ1) is 8.81. The number of thiazole rings is 1. The van der Waals surface area contributed by atoms with Crippen LogP contribution in [0.3, 0.4) is 0 Å². The van der Waals surface area contributed by atoms with Crippen molar-refractivity contribution >= 4 is 33.8 Å². The van der Waals surface area contributed by atoms with Crippen LogP contribution in [0.2, 0.25) is 0 Å². The fourth-order valence-corrected chi connectivity index (χ4v) is 2.36. The fraction of sp³-hybridized carbons (Fsp3) is 0.308. The molecule has 2 rings (SSSR count). The van der Waals surface area contributed by atoms with Gasteiger partial charge < -0.3 is 10.1 Å². The van der Waals surface area contributed by atoms with E-state index in [1.165, 1.54) is 0 Å². The topological polar surface area (TPSA) is 34.1 Å². The zero-order valence-corrected chi connectivity index (χ0v) is 11.7. The lowest BCUT2D eigenvalue weighted by Crippen LogP contribution is -1.95. The van der Waals surface area contributed by atoms with Gasteiger partial charge in [0.2, 0.25) is 0 Å². The monoisotopic (exact) mass is 282 g/mol. The Morgan fingerprint density at radius 1 is 1.33 bits per heavy atom. The minimum Gasteiger partial charge on any atom is -0.494 e. The predicted octanol–water partition coefficient (Wildman–Crippen LogP) is 4.41. The number of anilines is 2. The number of aromatic nitrogens is 1. The summed E-state index contributed by atoms with van der Waals surface area (Å²) in [5.41, 5.74) is 1.89. The fourth-order valence-electron chi connectivity index (χ4n) is 1.40. The van der Waals surface area contributed by atoms with E-state index in [9.17, 15) is 0 Å². The van der Waals surface area contributed by atoms with E-state index >= 15 is 0 Å². The second-order valence-corrected chi connectivity index (χ2v) is 4.90. The van der Waals surface area contributed by atoms with E-state index in [1.807, 2.05) is 29.6 Å². The Kier molecular flexibility index (Phi) is 4.84. The Bertz CT molecular complexity index is 484. The summed E-state index contributed by atoms with van der Waals surface area (Å²) in [5, 5.41) is 6.04. The van der Waals surface area contributed by atoms with Crippen LogP contribution in [-0.4, -0.2) is 11.6 Å². The molecular weight excluding hydrogens is 268 g/mol. The Balaban J connectivity index is 1.97. The van der Waals surface area contributed by atoms with Crippen molar-refractivity contribution in [2.24, 2.45) is 0 Å². The van der Waals surface area contributed by atoms with E-state index < -0.39 is 0 Å². The highest BCUT2D eigenvalue weighted by molar-refractivity contribution is 7.13. The summed E-state index contributed by atoms with van der Waals surface area (Å²) in [6.07, 6.45) is 1.01. The minimum atomic E-state index is 0.446. The smallest absolute Gasteiger partial charge is 0.187 e. The van der Waals surface area contributed by atoms with Gasteiger partial charge in [-0.25, -0.2) is 4.98 Å². The lowest BCUT2D eigenvalue weighted by atomic mass is 10.3. The summed E-state index contributed by atoms with van der Waals surface area (Å²) in [4.78, 5) is 4.34. The van der Waals surface area contributed by atoms with Gasteiger partial charge in [0.05, 0.1) is 18.2 Å². The molecule has 0 saturated heterocycles. The standard InChI is InChI=1S/C13H15ClN2OS/c1-2-7-17-12-5-3-10(4-6-12)15-13-16-11(8-14)9-18-13/h3-6,9H,2,7-8H2,1H3,(H,15,16). The van der Waals surface area contributed by atoms with Crippen LogP contribution in [-0.2, 0) is 5.88 Å². The van der Waals surface area contributed by atoms with Crippen molar-refractivity contribution in [1.82, 2.24) is 4.98 Å². The minimum absolute atomic E-state index is 0.446. The molecule has 0 aliphatic rings. The molecular formula is C13H15ClN2OS. The third-order valence-electron chi connectivity index (χ3n) is 2.27. The third-order valence-corrected chi connectivity index (χ3v) is 3.35. The second-order valence-electron chi connectivity index (χ2n) is 3.78. The Hall–Kier alpha value is -1.26. The van der Waals surface area contributed by atoms with Crippen LogP contribution < -0.4 is 10.1 Å². The van der Waals surface area contributed by atoms with Gasteiger partial charge in [-0.05, 0) is 30.7 Å². The summed E-state index contributed by atoms with van der Waals surface area (Å²) < 4.78 is 5.52. The maximum Gasteiger partial charge on any atom is 0.187 e. The molecule has 2 aromatic rings. The quantitative estimate of drug-likeness (QED) is 0.797. The summed E-state index contributed by atoms with van der Waals surface area (Å²) in [5.74, 6) is 1.34. The first-order valence-corrected chi connectivity index (χ1v) is 7.23. The normalized spacial score (nSPS) is 10.3. The Morgan fingerprint density at radius 2 is 2.11 bits per heavy atom. The molecule has 1 aromatic carbocycles. The van der Waals surface area contributed by atoms with Gasteiger partial charge in [-0.2, -0.15) is 0 Å². The van der Waals surface area contributed by atoms with Crippen LogP contribution in [0.5, 0.6) is 5.75 Å². The number of halogens is 1. The maximum atomic E-state index is 5.71. The first-order valence-electron chi connectivity index (χ1n) is 5.82. The third kappa shape index (κ3) is 3.62. The zero-order valence-electron chi connectivity index (χ0n) is 10.1. The molecule has 96 valence electrons. The Labute approximate surface area is 116 Å². The van der Waals surface area contributed by atoms with Crippen molar-refractivity contribution in [3.8, 4) is 5.75 Å². The van der Waals surface area contributed by atoms with Crippen LogP contribution >= 0.6 is 22.9 Å². The van der Waals surface area contributed by atoms with Crippen LogP contribution in [0.15, 0.2) is 29.6 Å². The average Bonchev–Trinajstić information content (AvgIpc) is 2.86. The molecule has 1 heterocycles. The van der Waals surface area contributed by atoms with Gasteiger partial charge in [0.15, 0.2) is 5.13 Å². The molecule has 0 aliphatic heterocycles. The summed E-state index contributed by atoms with van der Waals surface area (Å²) in [7, 11) is 0. The van der Waals surface area contributed by atoms with Gasteiger partial charge in [0.25, 0.3) is 0 Å². The molecule has 3 nitrogen and oxygen atoms in total. The van der Waals surface area contributed by atoms with Crippen LogP contribution in [0.4, 0.5) is 10.8 Å². The molecule has 0 unspecified atom stereocenters. The largest absolute Gasteiger partial charge is 0.494 e. The van der Waals surface area contributed by atoms with Gasteiger partial charge in [-0.3, -0.25) is 0 Å². The van der Waals surface area contributed by atoms with Crippen LogP contribution in [0, 0.1) is 0 Å². The lowest BCUT2D eigenvalue weighted by Gasteiger charge is -2.06. The number of benzene rings is 1. The molecule has 18 heavy (non-hydrogen) atoms. The molecule has 0 fully saturated rings. The summed E-state index contributed by atoms with van der Waals surface area (Å²) in [6, 6.07) is 7.86. The molecule has 0 saturated carbocycles. The van der Waals surface area contributed by atoms with E-state index in [-0.39, 0.29) is 0 Å². The van der Waals surface area contributed by atoms with E-state index in [2.05, 4.69) is 17.2 Å². The highest BCUT2D eigenvalue weighted by atomic mass is 35.5. The van der Waals surface area contributed by atoms with Crippen molar-refractivity contribution in [2.45, 2.75) is 19.2 Å². The van der Waals surface area contributed by atoms with E-state index in [0.29, 0.717) is 5.88 Å². The number of alkyl halides is 1. The molecule has 0 radical (unpaired) electrons. The predicted molar refractivity (Wildman–Crippen MR) is 77.2 cm³/mol. The molecule has 0 atom stereocenters. The van der Waals surface area contributed by atoms with E-state index in [1.54, 1.807) is 11.3 Å². The average molecular weight is 283 g/mol. The maximum absolute atomic E-state index is 5.71. The number of hydrogen-bond acceptors (Lipinski definition) is 4. The van der Waals surface area contributed by atoms with Crippen molar-refractivity contribution in [3.05, 3.63) is 35.3 Å². The van der Waals surface area contributed by atoms with Crippen molar-refractivity contribution in [2.75, 3.05) is 11.9 Å². The SMILES string of the molecule is CCCOc1ccc(Nc2nc(CCl)cs2)cc1. The molecule has 1 aromatic heterocycles. The second kappa shape index (κ2) is 6.61. The molecule has 0 spiro atoms. The number of nitrogens with one attached hydrogen (secondary N) is 1. The van der Waals surface area contributed by atoms with Crippen molar-refractivity contribution < 1.29 is 4.74 Å². The van der Waals surface area contributed by atoms with Gasteiger partial charge in [-0.15, -0.1) is 22.9 Å². The van der Waals surface area contributed by atoms with Crippen LogP contribution in [0.25, 0.3) is 0 Å². The van der Waals surface area contributed by atoms with E-state index in [4.69, 9.17) is 16.3 Å². The highest BCUT2D eigenvalue weighted by Crippen LogP contribution is 2.23. The molecule has 0 amide bonds. The number of ether oxygens (including phenoxy) is 1. The number of rotatable bonds is 6. The molecule has 0 bridgehead atoms.